The third-order valence-electron chi connectivity index (χ3n) is 3.43. The van der Waals surface area contributed by atoms with E-state index < -0.39 is 0 Å². The number of hydrogen-bond acceptors (Lipinski definition) is 3. The van der Waals surface area contributed by atoms with Crippen LogP contribution in [-0.4, -0.2) is 48.0 Å². The normalized spacial score (nSPS) is 39.9. The van der Waals surface area contributed by atoms with Crippen LogP contribution in [0.4, 0.5) is 0 Å². The van der Waals surface area contributed by atoms with Crippen LogP contribution in [0.3, 0.4) is 0 Å². The summed E-state index contributed by atoms with van der Waals surface area (Å²) in [5.41, 5.74) is -0.202. The zero-order valence-electron chi connectivity index (χ0n) is 8.49. The maximum absolute atomic E-state index is 9.92. The number of aliphatic hydroxyl groups excluding tert-OH is 1. The van der Waals surface area contributed by atoms with Crippen molar-refractivity contribution >= 4 is 0 Å². The molecule has 2 aliphatic rings. The molecular weight excluding hydrogens is 166 g/mol. The SMILES string of the molecule is C[C@H]1C[C@@H](O)C2(CCN(C)CC2)O1. The summed E-state index contributed by atoms with van der Waals surface area (Å²) in [7, 11) is 2.12. The van der Waals surface area contributed by atoms with Crippen molar-refractivity contribution in [3.63, 3.8) is 0 Å². The Bertz CT molecular complexity index is 187. The molecule has 0 bridgehead atoms. The fourth-order valence-electron chi connectivity index (χ4n) is 2.50. The summed E-state index contributed by atoms with van der Waals surface area (Å²) in [6.07, 6.45) is 2.77. The average molecular weight is 185 g/mol. The van der Waals surface area contributed by atoms with Gasteiger partial charge in [0.15, 0.2) is 0 Å². The smallest absolute Gasteiger partial charge is 0.0969 e. The van der Waals surface area contributed by atoms with E-state index in [1.807, 2.05) is 0 Å². The highest BCUT2D eigenvalue weighted by atomic mass is 16.5. The number of hydrogen-bond donors (Lipinski definition) is 1. The second-order valence-electron chi connectivity index (χ2n) is 4.55. The molecule has 0 unspecified atom stereocenters. The lowest BCUT2D eigenvalue weighted by Gasteiger charge is -2.39. The van der Waals surface area contributed by atoms with Gasteiger partial charge in [-0.15, -0.1) is 0 Å². The number of piperidine rings is 1. The van der Waals surface area contributed by atoms with Gasteiger partial charge in [-0.1, -0.05) is 0 Å². The highest BCUT2D eigenvalue weighted by Gasteiger charge is 2.47. The van der Waals surface area contributed by atoms with Crippen LogP contribution in [0, 0.1) is 0 Å². The third kappa shape index (κ3) is 1.60. The quantitative estimate of drug-likeness (QED) is 0.600. The molecule has 0 aromatic carbocycles. The van der Waals surface area contributed by atoms with E-state index >= 15 is 0 Å². The second kappa shape index (κ2) is 3.23. The minimum Gasteiger partial charge on any atom is -0.390 e. The van der Waals surface area contributed by atoms with Gasteiger partial charge in [-0.3, -0.25) is 0 Å². The van der Waals surface area contributed by atoms with E-state index in [2.05, 4.69) is 18.9 Å². The van der Waals surface area contributed by atoms with Crippen molar-refractivity contribution < 1.29 is 9.84 Å². The Kier molecular flexibility index (Phi) is 2.34. The molecule has 2 fully saturated rings. The van der Waals surface area contributed by atoms with E-state index in [-0.39, 0.29) is 17.8 Å². The van der Waals surface area contributed by atoms with E-state index in [1.54, 1.807) is 0 Å². The molecule has 2 atom stereocenters. The summed E-state index contributed by atoms with van der Waals surface area (Å²) in [6.45, 7) is 4.14. The van der Waals surface area contributed by atoms with Gasteiger partial charge >= 0.3 is 0 Å². The monoisotopic (exact) mass is 185 g/mol. The Morgan fingerprint density at radius 2 is 2.00 bits per heavy atom. The van der Waals surface area contributed by atoms with Crippen molar-refractivity contribution in [1.29, 1.82) is 0 Å². The molecule has 0 aliphatic carbocycles. The fourth-order valence-corrected chi connectivity index (χ4v) is 2.50. The Hall–Kier alpha value is -0.120. The van der Waals surface area contributed by atoms with E-state index in [0.29, 0.717) is 0 Å². The van der Waals surface area contributed by atoms with E-state index in [4.69, 9.17) is 4.74 Å². The minimum absolute atomic E-state index is 0.202. The van der Waals surface area contributed by atoms with Gasteiger partial charge < -0.3 is 14.7 Å². The predicted molar refractivity (Wildman–Crippen MR) is 50.6 cm³/mol. The van der Waals surface area contributed by atoms with Gasteiger partial charge in [-0.25, -0.2) is 0 Å². The topological polar surface area (TPSA) is 32.7 Å². The maximum atomic E-state index is 9.92. The number of aliphatic hydroxyl groups is 1. The molecule has 2 saturated heterocycles. The first kappa shape index (κ1) is 9.44. The Labute approximate surface area is 79.7 Å². The van der Waals surface area contributed by atoms with Crippen molar-refractivity contribution in [1.82, 2.24) is 4.90 Å². The van der Waals surface area contributed by atoms with Gasteiger partial charge in [0, 0.05) is 19.5 Å². The molecule has 2 heterocycles. The van der Waals surface area contributed by atoms with Crippen LogP contribution in [0.2, 0.25) is 0 Å². The lowest BCUT2D eigenvalue weighted by Crippen LogP contribution is -2.48. The van der Waals surface area contributed by atoms with Crippen LogP contribution in [0.15, 0.2) is 0 Å². The molecule has 0 amide bonds. The molecule has 13 heavy (non-hydrogen) atoms. The average Bonchev–Trinajstić information content (AvgIpc) is 2.34. The molecule has 1 spiro atoms. The largest absolute Gasteiger partial charge is 0.390 e. The van der Waals surface area contributed by atoms with Gasteiger partial charge in [0.05, 0.1) is 17.8 Å². The summed E-state index contributed by atoms with van der Waals surface area (Å²) >= 11 is 0. The third-order valence-corrected chi connectivity index (χ3v) is 3.43. The Morgan fingerprint density at radius 1 is 1.38 bits per heavy atom. The first-order chi connectivity index (χ1) is 6.12. The van der Waals surface area contributed by atoms with Crippen molar-refractivity contribution in [2.75, 3.05) is 20.1 Å². The summed E-state index contributed by atoms with van der Waals surface area (Å²) in [5.74, 6) is 0. The van der Waals surface area contributed by atoms with Crippen LogP contribution < -0.4 is 0 Å². The molecule has 0 aromatic heterocycles. The van der Waals surface area contributed by atoms with Crippen molar-refractivity contribution in [3.8, 4) is 0 Å². The maximum Gasteiger partial charge on any atom is 0.0969 e. The van der Waals surface area contributed by atoms with E-state index in [9.17, 15) is 5.11 Å². The van der Waals surface area contributed by atoms with Gasteiger partial charge in [-0.05, 0) is 26.8 Å². The lowest BCUT2D eigenvalue weighted by atomic mass is 9.86. The number of ether oxygens (including phenoxy) is 1. The summed E-state index contributed by atoms with van der Waals surface area (Å²) in [4.78, 5) is 2.30. The van der Waals surface area contributed by atoms with Crippen molar-refractivity contribution in [2.45, 2.75) is 44.0 Å². The second-order valence-corrected chi connectivity index (χ2v) is 4.55. The van der Waals surface area contributed by atoms with E-state index in [1.165, 1.54) is 0 Å². The molecule has 3 heteroatoms. The molecule has 0 aromatic rings. The van der Waals surface area contributed by atoms with E-state index in [0.717, 1.165) is 32.4 Å². The van der Waals surface area contributed by atoms with Crippen molar-refractivity contribution in [2.24, 2.45) is 0 Å². The van der Waals surface area contributed by atoms with Crippen LogP contribution in [-0.2, 0) is 4.74 Å². The molecule has 0 saturated carbocycles. The zero-order chi connectivity index (χ0) is 9.47. The van der Waals surface area contributed by atoms with Crippen LogP contribution >= 0.6 is 0 Å². The molecule has 76 valence electrons. The van der Waals surface area contributed by atoms with Gasteiger partial charge in [-0.2, -0.15) is 0 Å². The van der Waals surface area contributed by atoms with Crippen LogP contribution in [0.25, 0.3) is 0 Å². The van der Waals surface area contributed by atoms with Gasteiger partial charge in [0.1, 0.15) is 0 Å². The van der Waals surface area contributed by atoms with Crippen LogP contribution in [0.5, 0.6) is 0 Å². The summed E-state index contributed by atoms with van der Waals surface area (Å²) in [6, 6.07) is 0. The van der Waals surface area contributed by atoms with Crippen LogP contribution in [0.1, 0.15) is 26.2 Å². The molecular formula is C10H19NO2. The van der Waals surface area contributed by atoms with Gasteiger partial charge in [0.25, 0.3) is 0 Å². The molecule has 2 rings (SSSR count). The summed E-state index contributed by atoms with van der Waals surface area (Å²) in [5, 5.41) is 9.92. The number of likely N-dealkylation sites (tertiary alicyclic amines) is 1. The lowest BCUT2D eigenvalue weighted by molar-refractivity contribution is -0.108. The van der Waals surface area contributed by atoms with Crippen molar-refractivity contribution in [3.05, 3.63) is 0 Å². The predicted octanol–water partition coefficient (Wildman–Crippen LogP) is 0.620. The minimum atomic E-state index is -0.240. The summed E-state index contributed by atoms with van der Waals surface area (Å²) < 4.78 is 5.87. The zero-order valence-corrected chi connectivity index (χ0v) is 8.49. The van der Waals surface area contributed by atoms with Gasteiger partial charge in [0.2, 0.25) is 0 Å². The highest BCUT2D eigenvalue weighted by Crippen LogP contribution is 2.38. The standard InChI is InChI=1S/C10H19NO2/c1-8-7-9(12)10(13-8)3-5-11(2)6-4-10/h8-9,12H,3-7H2,1-2H3/t8-,9+/m0/s1. The Balaban J connectivity index is 2.04. The fraction of sp³-hybridized carbons (Fsp3) is 1.00. The first-order valence-corrected chi connectivity index (χ1v) is 5.17. The molecule has 1 N–H and O–H groups in total. The molecule has 0 radical (unpaired) electrons. The molecule has 3 nitrogen and oxygen atoms in total. The highest BCUT2D eigenvalue weighted by molar-refractivity contribution is 4.98. The first-order valence-electron chi connectivity index (χ1n) is 5.17. The number of nitrogens with zero attached hydrogens (tertiary/aromatic N) is 1. The Morgan fingerprint density at radius 3 is 2.46 bits per heavy atom. The number of rotatable bonds is 0. The molecule has 2 aliphatic heterocycles.